The van der Waals surface area contributed by atoms with E-state index in [0.29, 0.717) is 18.1 Å². The van der Waals surface area contributed by atoms with Crippen molar-refractivity contribution in [2.45, 2.75) is 51.1 Å². The normalized spacial score (nSPS) is 15.5. The molecule has 1 fully saturated rings. The van der Waals surface area contributed by atoms with Crippen LogP contribution in [0.3, 0.4) is 0 Å². The highest BCUT2D eigenvalue weighted by molar-refractivity contribution is 7.91. The monoisotopic (exact) mass is 562 g/mol. The Kier molecular flexibility index (Phi) is 9.45. The predicted octanol–water partition coefficient (Wildman–Crippen LogP) is 4.59. The van der Waals surface area contributed by atoms with Crippen LogP contribution in [0.15, 0.2) is 51.7 Å². The lowest BCUT2D eigenvalue weighted by Crippen LogP contribution is -2.48. The first-order chi connectivity index (χ1) is 17.8. The molecule has 37 heavy (non-hydrogen) atoms. The maximum atomic E-state index is 12.9. The van der Waals surface area contributed by atoms with Crippen LogP contribution < -0.4 is 4.80 Å². The fourth-order valence-electron chi connectivity index (χ4n) is 4.56. The molecule has 1 saturated heterocycles. The lowest BCUT2D eigenvalue weighted by molar-refractivity contribution is -0.132. The number of amides is 1. The van der Waals surface area contributed by atoms with Crippen LogP contribution in [-0.2, 0) is 27.7 Å². The highest BCUT2D eigenvalue weighted by Gasteiger charge is 2.24. The van der Waals surface area contributed by atoms with E-state index in [-0.39, 0.29) is 23.0 Å². The minimum absolute atomic E-state index is 0.00961. The molecule has 0 saturated carbocycles. The molecule has 2 aromatic carbocycles. The number of rotatable bonds is 10. The number of carbonyl (C=O) groups is 1. The molecule has 0 radical (unpaired) electrons. The van der Waals surface area contributed by atoms with Gasteiger partial charge in [-0.1, -0.05) is 37.6 Å². The number of carbonyl (C=O) groups excluding carboxylic acids is 1. The summed E-state index contributed by atoms with van der Waals surface area (Å²) in [5.74, 6) is -0.297. The fourth-order valence-corrected chi connectivity index (χ4v) is 6.94. The van der Waals surface area contributed by atoms with Crippen molar-refractivity contribution < 1.29 is 13.2 Å². The molecule has 0 unspecified atom stereocenters. The average Bonchev–Trinajstić information content (AvgIpc) is 3.27. The second-order valence-electron chi connectivity index (χ2n) is 9.42. The van der Waals surface area contributed by atoms with Gasteiger partial charge in [-0.15, -0.1) is 11.3 Å². The third kappa shape index (κ3) is 7.02. The molecule has 200 valence electrons. The van der Waals surface area contributed by atoms with E-state index in [1.54, 1.807) is 46.6 Å². The van der Waals surface area contributed by atoms with Crippen LogP contribution in [0.25, 0.3) is 10.8 Å². The average molecular weight is 563 g/mol. The summed E-state index contributed by atoms with van der Waals surface area (Å²) in [6, 6.07) is 10.4. The summed E-state index contributed by atoms with van der Waals surface area (Å²) in [5.41, 5.74) is 1.27. The number of aromatic nitrogens is 1. The Labute approximate surface area is 228 Å². The summed E-state index contributed by atoms with van der Waals surface area (Å²) in [6.07, 6.45) is 2.08. The van der Waals surface area contributed by atoms with Crippen molar-refractivity contribution in [2.24, 2.45) is 4.99 Å². The molecule has 3 aromatic rings. The molecule has 0 N–H and O–H groups in total. The first-order valence-corrected chi connectivity index (χ1v) is 15.8. The van der Waals surface area contributed by atoms with Gasteiger partial charge in [-0.05, 0) is 47.9 Å². The molecule has 2 heterocycles. The Bertz CT molecular complexity index is 1410. The summed E-state index contributed by atoms with van der Waals surface area (Å²) in [7, 11) is -3.56. The number of thiazole rings is 1. The standard InChI is InChI=1S/C27H35ClN4O3S2/c1-3-10-29-27-32(11-4-2)24(20-36-27)19-30-12-14-31(15-13-30)26(33)9-16-37(34,35)25-8-6-21-17-23(28)7-5-22(21)18-25/h5-8,17-18,20H,3-4,9-16,19H2,1-2H3. The molecule has 1 aromatic heterocycles. The van der Waals surface area contributed by atoms with Gasteiger partial charge in [-0.25, -0.2) is 8.42 Å². The number of hydrogen-bond acceptors (Lipinski definition) is 6. The maximum Gasteiger partial charge on any atom is 0.223 e. The van der Waals surface area contributed by atoms with E-state index in [1.165, 1.54) is 5.69 Å². The molecule has 7 nitrogen and oxygen atoms in total. The zero-order chi connectivity index (χ0) is 26.4. The lowest BCUT2D eigenvalue weighted by Gasteiger charge is -2.34. The van der Waals surface area contributed by atoms with Crippen LogP contribution in [-0.4, -0.2) is 67.2 Å². The largest absolute Gasteiger partial charge is 0.340 e. The summed E-state index contributed by atoms with van der Waals surface area (Å²) >= 11 is 7.73. The van der Waals surface area contributed by atoms with Crippen LogP contribution >= 0.6 is 22.9 Å². The SMILES string of the molecule is CCCN=c1scc(CN2CCN(C(=O)CCS(=O)(=O)c3ccc4cc(Cl)ccc4c3)CC2)n1CCC. The first kappa shape index (κ1) is 27.8. The zero-order valence-corrected chi connectivity index (χ0v) is 23.9. The smallest absolute Gasteiger partial charge is 0.223 e. The van der Waals surface area contributed by atoms with E-state index >= 15 is 0 Å². The Morgan fingerprint density at radius 1 is 1.03 bits per heavy atom. The van der Waals surface area contributed by atoms with Crippen LogP contribution in [0.4, 0.5) is 0 Å². The van der Waals surface area contributed by atoms with Gasteiger partial charge >= 0.3 is 0 Å². The van der Waals surface area contributed by atoms with Crippen molar-refractivity contribution in [1.29, 1.82) is 0 Å². The van der Waals surface area contributed by atoms with E-state index in [1.807, 2.05) is 6.07 Å². The minimum atomic E-state index is -3.56. The van der Waals surface area contributed by atoms with E-state index in [2.05, 4.69) is 28.7 Å². The fraction of sp³-hybridized carbons (Fsp3) is 0.481. The number of piperazine rings is 1. The van der Waals surface area contributed by atoms with Gasteiger partial charge in [0.1, 0.15) is 0 Å². The third-order valence-corrected chi connectivity index (χ3v) is 9.52. The van der Waals surface area contributed by atoms with Gasteiger partial charge in [0.2, 0.25) is 5.91 Å². The Balaban J connectivity index is 1.31. The van der Waals surface area contributed by atoms with Crippen molar-refractivity contribution in [3.63, 3.8) is 0 Å². The third-order valence-electron chi connectivity index (χ3n) is 6.62. The number of hydrogen-bond donors (Lipinski definition) is 0. The topological polar surface area (TPSA) is 75.0 Å². The summed E-state index contributed by atoms with van der Waals surface area (Å²) in [5, 5.41) is 4.50. The van der Waals surface area contributed by atoms with Crippen molar-refractivity contribution in [2.75, 3.05) is 38.5 Å². The van der Waals surface area contributed by atoms with Crippen molar-refractivity contribution >= 4 is 49.5 Å². The van der Waals surface area contributed by atoms with Gasteiger partial charge in [0.05, 0.1) is 10.6 Å². The predicted molar refractivity (Wildman–Crippen MR) is 151 cm³/mol. The molecule has 1 aliphatic rings. The lowest BCUT2D eigenvalue weighted by atomic mass is 10.1. The second kappa shape index (κ2) is 12.6. The van der Waals surface area contributed by atoms with Crippen LogP contribution in [0.2, 0.25) is 5.02 Å². The Hall–Kier alpha value is -2.20. The molecule has 4 rings (SSSR count). The van der Waals surface area contributed by atoms with Gasteiger partial charge in [-0.2, -0.15) is 0 Å². The molecule has 1 aliphatic heterocycles. The second-order valence-corrected chi connectivity index (χ2v) is 12.8. The number of fused-ring (bicyclic) bond motifs is 1. The van der Waals surface area contributed by atoms with Crippen LogP contribution in [0, 0.1) is 0 Å². The number of nitrogens with zero attached hydrogens (tertiary/aromatic N) is 4. The molecule has 0 bridgehead atoms. The molecular formula is C27H35ClN4O3S2. The van der Waals surface area contributed by atoms with Crippen molar-refractivity contribution in [1.82, 2.24) is 14.4 Å². The van der Waals surface area contributed by atoms with Gasteiger partial charge in [0.15, 0.2) is 14.6 Å². The van der Waals surface area contributed by atoms with Crippen molar-refractivity contribution in [3.05, 3.63) is 57.3 Å². The quantitative estimate of drug-likeness (QED) is 0.362. The summed E-state index contributed by atoms with van der Waals surface area (Å²) in [4.78, 5) is 23.1. The van der Waals surface area contributed by atoms with Crippen LogP contribution in [0.1, 0.15) is 38.8 Å². The summed E-state index contributed by atoms with van der Waals surface area (Å²) in [6.45, 7) is 9.72. The molecule has 10 heteroatoms. The number of benzene rings is 2. The van der Waals surface area contributed by atoms with E-state index < -0.39 is 9.84 Å². The molecule has 1 amide bonds. The highest BCUT2D eigenvalue weighted by Crippen LogP contribution is 2.23. The van der Waals surface area contributed by atoms with Crippen LogP contribution in [0.5, 0.6) is 0 Å². The van der Waals surface area contributed by atoms with Crippen molar-refractivity contribution in [3.8, 4) is 0 Å². The van der Waals surface area contributed by atoms with Gasteiger partial charge in [0.25, 0.3) is 0 Å². The minimum Gasteiger partial charge on any atom is -0.340 e. The van der Waals surface area contributed by atoms with E-state index in [0.717, 1.165) is 61.1 Å². The summed E-state index contributed by atoms with van der Waals surface area (Å²) < 4.78 is 28.2. The zero-order valence-electron chi connectivity index (χ0n) is 21.5. The number of halogens is 1. The van der Waals surface area contributed by atoms with E-state index in [4.69, 9.17) is 16.6 Å². The molecule has 0 aliphatic carbocycles. The molecule has 0 atom stereocenters. The van der Waals surface area contributed by atoms with E-state index in [9.17, 15) is 13.2 Å². The first-order valence-electron chi connectivity index (χ1n) is 12.9. The molecule has 0 spiro atoms. The number of sulfone groups is 1. The van der Waals surface area contributed by atoms with Gasteiger partial charge in [0, 0.05) is 68.3 Å². The highest BCUT2D eigenvalue weighted by atomic mass is 35.5. The Morgan fingerprint density at radius 3 is 2.49 bits per heavy atom. The maximum absolute atomic E-state index is 12.9. The van der Waals surface area contributed by atoms with Gasteiger partial charge in [-0.3, -0.25) is 14.7 Å². The molecular weight excluding hydrogens is 528 g/mol. The van der Waals surface area contributed by atoms with Gasteiger partial charge < -0.3 is 9.47 Å². The Morgan fingerprint density at radius 2 is 1.76 bits per heavy atom.